The fourth-order valence-electron chi connectivity index (χ4n) is 2.11. The van der Waals surface area contributed by atoms with Crippen LogP contribution in [0, 0.1) is 0 Å². The SMILES string of the molecule is COc1ccccc1CCNC(=O)COC(=O)c1ccc(O)cc1. The van der Waals surface area contributed by atoms with Crippen molar-refractivity contribution >= 4 is 11.9 Å². The monoisotopic (exact) mass is 329 g/mol. The van der Waals surface area contributed by atoms with Crippen LogP contribution in [0.2, 0.25) is 0 Å². The first kappa shape index (κ1) is 17.3. The van der Waals surface area contributed by atoms with Crippen molar-refractivity contribution in [3.63, 3.8) is 0 Å². The minimum atomic E-state index is -0.616. The van der Waals surface area contributed by atoms with Crippen LogP contribution in [-0.2, 0) is 16.0 Å². The van der Waals surface area contributed by atoms with E-state index in [1.165, 1.54) is 24.3 Å². The van der Waals surface area contributed by atoms with Crippen molar-refractivity contribution in [2.75, 3.05) is 20.3 Å². The second-order valence-electron chi connectivity index (χ2n) is 5.03. The molecule has 0 fully saturated rings. The number of esters is 1. The van der Waals surface area contributed by atoms with E-state index in [1.807, 2.05) is 24.3 Å². The molecule has 0 radical (unpaired) electrons. The lowest BCUT2D eigenvalue weighted by molar-refractivity contribution is -0.124. The van der Waals surface area contributed by atoms with Crippen LogP contribution in [0.5, 0.6) is 11.5 Å². The molecule has 6 heteroatoms. The van der Waals surface area contributed by atoms with Crippen LogP contribution in [-0.4, -0.2) is 37.2 Å². The number of methoxy groups -OCH3 is 1. The smallest absolute Gasteiger partial charge is 0.338 e. The summed E-state index contributed by atoms with van der Waals surface area (Å²) in [5.41, 5.74) is 1.26. The first-order valence-electron chi connectivity index (χ1n) is 7.45. The van der Waals surface area contributed by atoms with Crippen LogP contribution in [0.3, 0.4) is 0 Å². The highest BCUT2D eigenvalue weighted by atomic mass is 16.5. The number of carbonyl (C=O) groups is 2. The molecule has 2 N–H and O–H groups in total. The normalized spacial score (nSPS) is 10.0. The minimum Gasteiger partial charge on any atom is -0.508 e. The molecule has 0 heterocycles. The first-order chi connectivity index (χ1) is 11.6. The van der Waals surface area contributed by atoms with E-state index in [4.69, 9.17) is 14.6 Å². The summed E-state index contributed by atoms with van der Waals surface area (Å²) in [5, 5.41) is 11.8. The Hall–Kier alpha value is -3.02. The molecule has 2 aromatic carbocycles. The van der Waals surface area contributed by atoms with Crippen molar-refractivity contribution in [3.8, 4) is 11.5 Å². The molecule has 126 valence electrons. The molecule has 0 atom stereocenters. The lowest BCUT2D eigenvalue weighted by atomic mass is 10.1. The molecule has 0 spiro atoms. The van der Waals surface area contributed by atoms with Gasteiger partial charge in [0.25, 0.3) is 5.91 Å². The number of carbonyl (C=O) groups excluding carboxylic acids is 2. The third-order valence-corrected chi connectivity index (χ3v) is 3.35. The summed E-state index contributed by atoms with van der Waals surface area (Å²) in [5.74, 6) is -0.168. The van der Waals surface area contributed by atoms with E-state index in [2.05, 4.69) is 5.32 Å². The third-order valence-electron chi connectivity index (χ3n) is 3.35. The number of aromatic hydroxyl groups is 1. The van der Waals surface area contributed by atoms with Gasteiger partial charge in [-0.3, -0.25) is 4.79 Å². The van der Waals surface area contributed by atoms with Crippen LogP contribution in [0.4, 0.5) is 0 Å². The molecule has 0 saturated carbocycles. The van der Waals surface area contributed by atoms with E-state index in [0.717, 1.165) is 11.3 Å². The predicted molar refractivity (Wildman–Crippen MR) is 88.1 cm³/mol. The summed E-state index contributed by atoms with van der Waals surface area (Å²) >= 11 is 0. The van der Waals surface area contributed by atoms with Gasteiger partial charge in [-0.05, 0) is 42.3 Å². The molecular formula is C18H19NO5. The molecule has 6 nitrogen and oxygen atoms in total. The molecule has 0 aliphatic rings. The van der Waals surface area contributed by atoms with Crippen molar-refractivity contribution in [3.05, 3.63) is 59.7 Å². The highest BCUT2D eigenvalue weighted by molar-refractivity contribution is 5.91. The fourth-order valence-corrected chi connectivity index (χ4v) is 2.11. The van der Waals surface area contributed by atoms with Crippen molar-refractivity contribution in [2.45, 2.75) is 6.42 Å². The summed E-state index contributed by atoms with van der Waals surface area (Å²) in [4.78, 5) is 23.5. The van der Waals surface area contributed by atoms with Crippen molar-refractivity contribution in [2.24, 2.45) is 0 Å². The van der Waals surface area contributed by atoms with E-state index < -0.39 is 5.97 Å². The highest BCUT2D eigenvalue weighted by Gasteiger charge is 2.10. The number of phenols is 1. The van der Waals surface area contributed by atoms with Crippen LogP contribution in [0.1, 0.15) is 15.9 Å². The Kier molecular flexibility index (Phi) is 6.19. The number of para-hydroxylation sites is 1. The number of phenolic OH excluding ortho intramolecular Hbond substituents is 1. The van der Waals surface area contributed by atoms with Gasteiger partial charge in [0, 0.05) is 6.54 Å². The van der Waals surface area contributed by atoms with Gasteiger partial charge in [-0.2, -0.15) is 0 Å². The van der Waals surface area contributed by atoms with Gasteiger partial charge >= 0.3 is 5.97 Å². The Morgan fingerprint density at radius 1 is 1.08 bits per heavy atom. The Morgan fingerprint density at radius 3 is 2.50 bits per heavy atom. The zero-order valence-corrected chi connectivity index (χ0v) is 13.3. The number of benzene rings is 2. The average Bonchev–Trinajstić information content (AvgIpc) is 2.60. The maximum Gasteiger partial charge on any atom is 0.338 e. The molecule has 2 aromatic rings. The quantitative estimate of drug-likeness (QED) is 0.758. The first-order valence-corrected chi connectivity index (χ1v) is 7.45. The van der Waals surface area contributed by atoms with E-state index in [1.54, 1.807) is 7.11 Å². The maximum atomic E-state index is 11.7. The summed E-state index contributed by atoms with van der Waals surface area (Å²) in [6, 6.07) is 13.2. The lowest BCUT2D eigenvalue weighted by Gasteiger charge is -2.09. The second-order valence-corrected chi connectivity index (χ2v) is 5.03. The summed E-state index contributed by atoms with van der Waals surface area (Å²) < 4.78 is 10.2. The van der Waals surface area contributed by atoms with E-state index >= 15 is 0 Å². The molecule has 0 unspecified atom stereocenters. The van der Waals surface area contributed by atoms with Crippen LogP contribution in [0.15, 0.2) is 48.5 Å². The summed E-state index contributed by atoms with van der Waals surface area (Å²) in [6.45, 7) is 0.0571. The van der Waals surface area contributed by atoms with Crippen LogP contribution >= 0.6 is 0 Å². The predicted octanol–water partition coefficient (Wildman–Crippen LogP) is 1.92. The molecular weight excluding hydrogens is 310 g/mol. The molecule has 0 aliphatic carbocycles. The molecule has 1 amide bonds. The minimum absolute atomic E-state index is 0.0561. The van der Waals surface area contributed by atoms with Gasteiger partial charge in [0.1, 0.15) is 11.5 Å². The van der Waals surface area contributed by atoms with Gasteiger partial charge in [0.2, 0.25) is 0 Å². The van der Waals surface area contributed by atoms with Crippen molar-refractivity contribution < 1.29 is 24.2 Å². The van der Waals surface area contributed by atoms with Gasteiger partial charge in [-0.15, -0.1) is 0 Å². The second kappa shape index (κ2) is 8.57. The molecule has 0 aliphatic heterocycles. The standard InChI is InChI=1S/C18H19NO5/c1-23-16-5-3-2-4-13(16)10-11-19-17(21)12-24-18(22)14-6-8-15(20)9-7-14/h2-9,20H,10-12H2,1H3,(H,19,21). The Morgan fingerprint density at radius 2 is 1.79 bits per heavy atom. The topological polar surface area (TPSA) is 84.9 Å². The Balaban J connectivity index is 1.73. The van der Waals surface area contributed by atoms with Gasteiger partial charge in [-0.1, -0.05) is 18.2 Å². The van der Waals surface area contributed by atoms with Gasteiger partial charge < -0.3 is 19.9 Å². The fraction of sp³-hybridized carbons (Fsp3) is 0.222. The molecule has 2 rings (SSSR count). The summed E-state index contributed by atoms with van der Waals surface area (Å²) in [7, 11) is 1.60. The number of ether oxygens (including phenoxy) is 2. The Bertz CT molecular complexity index is 697. The van der Waals surface area contributed by atoms with Gasteiger partial charge in [0.05, 0.1) is 12.7 Å². The van der Waals surface area contributed by atoms with E-state index in [0.29, 0.717) is 13.0 Å². The van der Waals surface area contributed by atoms with Gasteiger partial charge in [0.15, 0.2) is 6.61 Å². The highest BCUT2D eigenvalue weighted by Crippen LogP contribution is 2.17. The number of amides is 1. The number of hydrogen-bond acceptors (Lipinski definition) is 5. The number of nitrogens with one attached hydrogen (secondary N) is 1. The van der Waals surface area contributed by atoms with E-state index in [9.17, 15) is 9.59 Å². The number of hydrogen-bond donors (Lipinski definition) is 2. The zero-order chi connectivity index (χ0) is 17.4. The number of rotatable bonds is 7. The average molecular weight is 329 g/mol. The molecule has 0 saturated heterocycles. The Labute approximate surface area is 140 Å². The van der Waals surface area contributed by atoms with Crippen LogP contribution in [0.25, 0.3) is 0 Å². The molecule has 0 aromatic heterocycles. The molecule has 24 heavy (non-hydrogen) atoms. The van der Waals surface area contributed by atoms with E-state index in [-0.39, 0.29) is 23.8 Å². The van der Waals surface area contributed by atoms with Crippen molar-refractivity contribution in [1.82, 2.24) is 5.32 Å². The summed E-state index contributed by atoms with van der Waals surface area (Å²) in [6.07, 6.45) is 0.613. The zero-order valence-electron chi connectivity index (χ0n) is 13.3. The van der Waals surface area contributed by atoms with Crippen molar-refractivity contribution in [1.29, 1.82) is 0 Å². The van der Waals surface area contributed by atoms with Gasteiger partial charge in [-0.25, -0.2) is 4.79 Å². The maximum absolute atomic E-state index is 11.7. The largest absolute Gasteiger partial charge is 0.508 e. The lowest BCUT2D eigenvalue weighted by Crippen LogP contribution is -2.30. The van der Waals surface area contributed by atoms with Crippen LogP contribution < -0.4 is 10.1 Å². The molecule has 0 bridgehead atoms. The third kappa shape index (κ3) is 5.01.